The van der Waals surface area contributed by atoms with Crippen molar-refractivity contribution in [1.82, 2.24) is 0 Å². The quantitative estimate of drug-likeness (QED) is 0.641. The van der Waals surface area contributed by atoms with E-state index in [1.165, 1.54) is 17.5 Å². The summed E-state index contributed by atoms with van der Waals surface area (Å²) in [5.41, 5.74) is 3.03. The zero-order valence-corrected chi connectivity index (χ0v) is 13.0. The molecule has 1 unspecified atom stereocenters. The maximum absolute atomic E-state index is 2.43. The number of benzene rings is 2. The standard InChI is InChI=1S/C21H24/c1-17(2)18-10-9-15-21(16-18,19-11-5-3-6-12-19)20-13-7-4-8-14-20/h3-14,17-18H,15-16H2,1-2H3. The third kappa shape index (κ3) is 2.68. The Morgan fingerprint density at radius 3 is 1.86 bits per heavy atom. The highest BCUT2D eigenvalue weighted by Gasteiger charge is 2.37. The summed E-state index contributed by atoms with van der Waals surface area (Å²) in [5.74, 6) is 1.34. The summed E-state index contributed by atoms with van der Waals surface area (Å²) in [7, 11) is 0. The zero-order chi connectivity index (χ0) is 14.7. The first-order valence-electron chi connectivity index (χ1n) is 8.00. The molecular formula is C21H24. The fraction of sp³-hybridized carbons (Fsp3) is 0.333. The summed E-state index contributed by atoms with van der Waals surface area (Å²) in [6.45, 7) is 4.67. The van der Waals surface area contributed by atoms with E-state index < -0.39 is 0 Å². The summed E-state index contributed by atoms with van der Waals surface area (Å²) < 4.78 is 0. The third-order valence-corrected chi connectivity index (χ3v) is 4.94. The first-order chi connectivity index (χ1) is 10.2. The van der Waals surface area contributed by atoms with Crippen molar-refractivity contribution in [3.05, 3.63) is 83.9 Å². The topological polar surface area (TPSA) is 0 Å². The molecule has 0 heteroatoms. The van der Waals surface area contributed by atoms with Gasteiger partial charge in [0.05, 0.1) is 0 Å². The summed E-state index contributed by atoms with van der Waals surface area (Å²) in [4.78, 5) is 0. The van der Waals surface area contributed by atoms with Gasteiger partial charge in [0.1, 0.15) is 0 Å². The Kier molecular flexibility index (Phi) is 3.96. The van der Waals surface area contributed by atoms with Crippen LogP contribution in [0.5, 0.6) is 0 Å². The second kappa shape index (κ2) is 5.89. The molecule has 21 heavy (non-hydrogen) atoms. The smallest absolute Gasteiger partial charge is 0.0242 e. The molecule has 0 N–H and O–H groups in total. The van der Waals surface area contributed by atoms with Gasteiger partial charge in [-0.2, -0.15) is 0 Å². The van der Waals surface area contributed by atoms with Gasteiger partial charge in [-0.3, -0.25) is 0 Å². The summed E-state index contributed by atoms with van der Waals surface area (Å²) >= 11 is 0. The van der Waals surface area contributed by atoms with Crippen molar-refractivity contribution in [1.29, 1.82) is 0 Å². The van der Waals surface area contributed by atoms with Crippen LogP contribution in [-0.2, 0) is 5.41 Å². The largest absolute Gasteiger partial charge is 0.0870 e. The first-order valence-corrected chi connectivity index (χ1v) is 8.00. The predicted molar refractivity (Wildman–Crippen MR) is 90.4 cm³/mol. The van der Waals surface area contributed by atoms with E-state index in [1.54, 1.807) is 0 Å². The minimum Gasteiger partial charge on any atom is -0.0870 e. The average Bonchev–Trinajstić information content (AvgIpc) is 2.56. The van der Waals surface area contributed by atoms with Gasteiger partial charge in [-0.05, 0) is 35.8 Å². The van der Waals surface area contributed by atoms with E-state index in [1.807, 2.05) is 0 Å². The van der Waals surface area contributed by atoms with Crippen LogP contribution in [0.15, 0.2) is 72.8 Å². The summed E-state index contributed by atoms with van der Waals surface area (Å²) in [6.07, 6.45) is 7.13. The van der Waals surface area contributed by atoms with Crippen LogP contribution in [-0.4, -0.2) is 0 Å². The molecule has 0 heterocycles. The third-order valence-electron chi connectivity index (χ3n) is 4.94. The monoisotopic (exact) mass is 276 g/mol. The lowest BCUT2D eigenvalue weighted by atomic mass is 9.63. The number of hydrogen-bond acceptors (Lipinski definition) is 0. The molecule has 0 bridgehead atoms. The molecule has 108 valence electrons. The van der Waals surface area contributed by atoms with Gasteiger partial charge in [-0.25, -0.2) is 0 Å². The van der Waals surface area contributed by atoms with Crippen LogP contribution in [0.4, 0.5) is 0 Å². The van der Waals surface area contributed by atoms with Crippen LogP contribution in [0.25, 0.3) is 0 Å². The highest BCUT2D eigenvalue weighted by molar-refractivity contribution is 5.41. The van der Waals surface area contributed by atoms with Gasteiger partial charge in [-0.1, -0.05) is 86.7 Å². The average molecular weight is 276 g/mol. The molecule has 1 aliphatic rings. The van der Waals surface area contributed by atoms with Crippen LogP contribution in [0, 0.1) is 11.8 Å². The van der Waals surface area contributed by atoms with Crippen molar-refractivity contribution in [2.75, 3.05) is 0 Å². The molecule has 2 aromatic carbocycles. The zero-order valence-electron chi connectivity index (χ0n) is 13.0. The summed E-state index contributed by atoms with van der Waals surface area (Å²) in [5, 5.41) is 0. The Hall–Kier alpha value is -1.82. The molecule has 0 radical (unpaired) electrons. The fourth-order valence-electron chi connectivity index (χ4n) is 3.61. The number of hydrogen-bond donors (Lipinski definition) is 0. The van der Waals surface area contributed by atoms with Crippen molar-refractivity contribution in [2.24, 2.45) is 11.8 Å². The Bertz CT molecular complexity index is 553. The molecule has 1 aliphatic carbocycles. The van der Waals surface area contributed by atoms with E-state index in [0.29, 0.717) is 11.8 Å². The van der Waals surface area contributed by atoms with E-state index in [9.17, 15) is 0 Å². The fourth-order valence-corrected chi connectivity index (χ4v) is 3.61. The molecule has 3 rings (SSSR count). The number of allylic oxidation sites excluding steroid dienone is 2. The lowest BCUT2D eigenvalue weighted by Gasteiger charge is -2.40. The molecule has 0 amide bonds. The Labute approximate surface area is 128 Å². The van der Waals surface area contributed by atoms with Crippen molar-refractivity contribution >= 4 is 0 Å². The van der Waals surface area contributed by atoms with E-state index >= 15 is 0 Å². The highest BCUT2D eigenvalue weighted by atomic mass is 14.4. The second-order valence-electron chi connectivity index (χ2n) is 6.56. The molecule has 1 atom stereocenters. The molecule has 0 aliphatic heterocycles. The SMILES string of the molecule is CC(C)C1C=CCC(c2ccccc2)(c2ccccc2)C1. The molecule has 0 fully saturated rings. The maximum atomic E-state index is 2.43. The molecule has 0 saturated heterocycles. The lowest BCUT2D eigenvalue weighted by Crippen LogP contribution is -2.33. The Morgan fingerprint density at radius 1 is 0.857 bits per heavy atom. The Balaban J connectivity index is 2.11. The van der Waals surface area contributed by atoms with E-state index in [2.05, 4.69) is 86.7 Å². The van der Waals surface area contributed by atoms with Crippen LogP contribution >= 0.6 is 0 Å². The van der Waals surface area contributed by atoms with Crippen LogP contribution in [0.3, 0.4) is 0 Å². The minimum absolute atomic E-state index is 0.131. The van der Waals surface area contributed by atoms with E-state index in [4.69, 9.17) is 0 Å². The van der Waals surface area contributed by atoms with Crippen molar-refractivity contribution in [3.8, 4) is 0 Å². The second-order valence-corrected chi connectivity index (χ2v) is 6.56. The summed E-state index contributed by atoms with van der Waals surface area (Å²) in [6, 6.07) is 22.1. The highest BCUT2D eigenvalue weighted by Crippen LogP contribution is 2.45. The van der Waals surface area contributed by atoms with Gasteiger partial charge < -0.3 is 0 Å². The predicted octanol–water partition coefficient (Wildman–Crippen LogP) is 5.59. The molecule has 0 nitrogen and oxygen atoms in total. The van der Waals surface area contributed by atoms with Crippen molar-refractivity contribution in [2.45, 2.75) is 32.1 Å². The molecular weight excluding hydrogens is 252 g/mol. The molecule has 0 aromatic heterocycles. The van der Waals surface area contributed by atoms with Crippen molar-refractivity contribution < 1.29 is 0 Å². The van der Waals surface area contributed by atoms with Gasteiger partial charge in [0.25, 0.3) is 0 Å². The maximum Gasteiger partial charge on any atom is 0.0242 e. The Morgan fingerprint density at radius 2 is 1.38 bits per heavy atom. The van der Waals surface area contributed by atoms with E-state index in [-0.39, 0.29) is 5.41 Å². The lowest BCUT2D eigenvalue weighted by molar-refractivity contribution is 0.324. The van der Waals surface area contributed by atoms with Crippen LogP contribution in [0.1, 0.15) is 37.8 Å². The molecule has 2 aromatic rings. The first kappa shape index (κ1) is 14.1. The van der Waals surface area contributed by atoms with Crippen molar-refractivity contribution in [3.63, 3.8) is 0 Å². The number of rotatable bonds is 3. The van der Waals surface area contributed by atoms with Crippen LogP contribution in [0.2, 0.25) is 0 Å². The normalized spacial score (nSPS) is 20.6. The van der Waals surface area contributed by atoms with E-state index in [0.717, 1.165) is 6.42 Å². The van der Waals surface area contributed by atoms with Gasteiger partial charge in [0.2, 0.25) is 0 Å². The van der Waals surface area contributed by atoms with Gasteiger partial charge in [0.15, 0.2) is 0 Å². The van der Waals surface area contributed by atoms with Crippen LogP contribution < -0.4 is 0 Å². The molecule has 0 spiro atoms. The molecule has 0 saturated carbocycles. The van der Waals surface area contributed by atoms with Gasteiger partial charge >= 0.3 is 0 Å². The minimum atomic E-state index is 0.131. The van der Waals surface area contributed by atoms with Gasteiger partial charge in [0, 0.05) is 5.41 Å². The van der Waals surface area contributed by atoms with Gasteiger partial charge in [-0.15, -0.1) is 0 Å².